The predicted octanol–water partition coefficient (Wildman–Crippen LogP) is 4.52. The van der Waals surface area contributed by atoms with Crippen LogP contribution in [0.25, 0.3) is 0 Å². The molecule has 0 aliphatic rings. The molecule has 2 aromatic rings. The second kappa shape index (κ2) is 7.30. The lowest BCUT2D eigenvalue weighted by Crippen LogP contribution is -2.21. The molecule has 0 amide bonds. The van der Waals surface area contributed by atoms with Crippen molar-refractivity contribution in [3.8, 4) is 11.6 Å². The van der Waals surface area contributed by atoms with E-state index in [9.17, 15) is 0 Å². The zero-order valence-electron chi connectivity index (χ0n) is 13.9. The second-order valence-corrected chi connectivity index (χ2v) is 6.79. The Labute approximate surface area is 133 Å². The minimum absolute atomic E-state index is 0.0517. The largest absolute Gasteiger partial charge is 0.490 e. The highest BCUT2D eigenvalue weighted by molar-refractivity contribution is 5.27. The number of hydrogen-bond donors (Lipinski definition) is 0. The van der Waals surface area contributed by atoms with E-state index >= 15 is 0 Å². The van der Waals surface area contributed by atoms with Crippen molar-refractivity contribution >= 4 is 0 Å². The first-order valence-electron chi connectivity index (χ1n) is 7.72. The Morgan fingerprint density at radius 3 is 2.36 bits per heavy atom. The third-order valence-corrected chi connectivity index (χ3v) is 3.10. The lowest BCUT2D eigenvalue weighted by Gasteiger charge is -2.18. The number of hydrogen-bond acceptors (Lipinski definition) is 3. The Hall–Kier alpha value is -2.03. The molecule has 1 unspecified atom stereocenters. The summed E-state index contributed by atoms with van der Waals surface area (Å²) < 4.78 is 11.5. The van der Waals surface area contributed by atoms with Gasteiger partial charge in [0, 0.05) is 12.3 Å². The molecule has 0 aliphatic carbocycles. The zero-order valence-corrected chi connectivity index (χ0v) is 13.9. The van der Waals surface area contributed by atoms with Gasteiger partial charge in [-0.05, 0) is 42.5 Å². The summed E-state index contributed by atoms with van der Waals surface area (Å²) >= 11 is 0. The van der Waals surface area contributed by atoms with E-state index in [0.717, 1.165) is 12.2 Å². The van der Waals surface area contributed by atoms with Gasteiger partial charge in [-0.25, -0.2) is 4.98 Å². The fourth-order valence-corrected chi connectivity index (χ4v) is 2.19. The summed E-state index contributed by atoms with van der Waals surface area (Å²) in [6, 6.07) is 13.9. The number of pyridine rings is 1. The van der Waals surface area contributed by atoms with Gasteiger partial charge in [0.2, 0.25) is 5.88 Å². The minimum Gasteiger partial charge on any atom is -0.490 e. The third kappa shape index (κ3) is 5.76. The van der Waals surface area contributed by atoms with E-state index in [-0.39, 0.29) is 6.10 Å². The SMILES string of the molecule is CC(COc1ccc(CC(C)(C)C)cc1)Oc1ccccn1. The van der Waals surface area contributed by atoms with Gasteiger partial charge in [0.1, 0.15) is 18.5 Å². The molecule has 1 heterocycles. The highest BCUT2D eigenvalue weighted by Crippen LogP contribution is 2.22. The molecule has 0 aliphatic heterocycles. The Kier molecular flexibility index (Phi) is 5.42. The van der Waals surface area contributed by atoms with E-state index in [1.54, 1.807) is 6.20 Å². The van der Waals surface area contributed by atoms with Crippen LogP contribution in [0.4, 0.5) is 0 Å². The van der Waals surface area contributed by atoms with E-state index in [2.05, 4.69) is 37.9 Å². The van der Waals surface area contributed by atoms with Gasteiger partial charge in [-0.15, -0.1) is 0 Å². The molecule has 0 fully saturated rings. The molecule has 0 bridgehead atoms. The predicted molar refractivity (Wildman–Crippen MR) is 89.4 cm³/mol. The average Bonchev–Trinajstić information content (AvgIpc) is 2.46. The van der Waals surface area contributed by atoms with Gasteiger partial charge >= 0.3 is 0 Å². The van der Waals surface area contributed by atoms with Crippen LogP contribution in [-0.2, 0) is 6.42 Å². The number of nitrogens with zero attached hydrogens (tertiary/aromatic N) is 1. The molecule has 1 aromatic carbocycles. The summed E-state index contributed by atoms with van der Waals surface area (Å²) in [4.78, 5) is 4.14. The Bertz CT molecular complexity index is 558. The normalized spacial score (nSPS) is 12.7. The van der Waals surface area contributed by atoms with Crippen molar-refractivity contribution in [2.24, 2.45) is 5.41 Å². The molecule has 0 saturated carbocycles. The van der Waals surface area contributed by atoms with Crippen LogP contribution in [0.5, 0.6) is 11.6 Å². The highest BCUT2D eigenvalue weighted by atomic mass is 16.5. The minimum atomic E-state index is -0.0517. The second-order valence-electron chi connectivity index (χ2n) is 6.79. The molecule has 0 saturated heterocycles. The summed E-state index contributed by atoms with van der Waals surface area (Å²) in [5.74, 6) is 1.49. The first-order valence-corrected chi connectivity index (χ1v) is 7.72. The van der Waals surface area contributed by atoms with Crippen LogP contribution in [0.1, 0.15) is 33.3 Å². The molecule has 0 spiro atoms. The maximum absolute atomic E-state index is 5.77. The van der Waals surface area contributed by atoms with Gasteiger partial charge < -0.3 is 9.47 Å². The van der Waals surface area contributed by atoms with Crippen molar-refractivity contribution in [2.45, 2.75) is 40.2 Å². The molecule has 0 radical (unpaired) electrons. The molecule has 3 nitrogen and oxygen atoms in total. The van der Waals surface area contributed by atoms with Gasteiger partial charge in [0.05, 0.1) is 0 Å². The molecular formula is C19H25NO2. The van der Waals surface area contributed by atoms with Crippen molar-refractivity contribution in [1.82, 2.24) is 4.98 Å². The van der Waals surface area contributed by atoms with E-state index in [0.29, 0.717) is 17.9 Å². The van der Waals surface area contributed by atoms with E-state index in [1.807, 2.05) is 37.3 Å². The third-order valence-electron chi connectivity index (χ3n) is 3.10. The molecule has 1 aromatic heterocycles. The maximum atomic E-state index is 5.77. The molecule has 118 valence electrons. The summed E-state index contributed by atoms with van der Waals surface area (Å²) in [5.41, 5.74) is 1.63. The van der Waals surface area contributed by atoms with Gasteiger partial charge in [0.25, 0.3) is 0 Å². The van der Waals surface area contributed by atoms with Crippen LogP contribution in [0, 0.1) is 5.41 Å². The van der Waals surface area contributed by atoms with Gasteiger partial charge in [-0.3, -0.25) is 0 Å². The quantitative estimate of drug-likeness (QED) is 0.786. The van der Waals surface area contributed by atoms with Crippen LogP contribution >= 0.6 is 0 Å². The van der Waals surface area contributed by atoms with Gasteiger partial charge in [-0.1, -0.05) is 39.0 Å². The van der Waals surface area contributed by atoms with E-state index in [4.69, 9.17) is 9.47 Å². The average molecular weight is 299 g/mol. The summed E-state index contributed by atoms with van der Waals surface area (Å²) in [6.45, 7) is 9.20. The Morgan fingerprint density at radius 2 is 1.77 bits per heavy atom. The Morgan fingerprint density at radius 1 is 1.05 bits per heavy atom. The zero-order chi connectivity index (χ0) is 16.0. The summed E-state index contributed by atoms with van der Waals surface area (Å²) in [5, 5.41) is 0. The fraction of sp³-hybridized carbons (Fsp3) is 0.421. The fourth-order valence-electron chi connectivity index (χ4n) is 2.19. The van der Waals surface area contributed by atoms with Crippen LogP contribution in [0.15, 0.2) is 48.7 Å². The summed E-state index contributed by atoms with van der Waals surface area (Å²) in [6.07, 6.45) is 2.73. The maximum Gasteiger partial charge on any atom is 0.213 e. The Balaban J connectivity index is 1.81. The number of aromatic nitrogens is 1. The van der Waals surface area contributed by atoms with Crippen LogP contribution < -0.4 is 9.47 Å². The van der Waals surface area contributed by atoms with E-state index < -0.39 is 0 Å². The number of rotatable bonds is 6. The van der Waals surface area contributed by atoms with Gasteiger partial charge in [0.15, 0.2) is 0 Å². The first kappa shape index (κ1) is 16.3. The van der Waals surface area contributed by atoms with Crippen molar-refractivity contribution in [2.75, 3.05) is 6.61 Å². The first-order chi connectivity index (χ1) is 10.4. The molecule has 3 heteroatoms. The van der Waals surface area contributed by atoms with Crippen LogP contribution in [-0.4, -0.2) is 17.7 Å². The topological polar surface area (TPSA) is 31.4 Å². The van der Waals surface area contributed by atoms with Crippen LogP contribution in [0.3, 0.4) is 0 Å². The lowest BCUT2D eigenvalue weighted by atomic mass is 9.88. The smallest absolute Gasteiger partial charge is 0.213 e. The number of ether oxygens (including phenoxy) is 2. The standard InChI is InChI=1S/C19H25NO2/c1-15(22-18-7-5-6-12-20-18)14-21-17-10-8-16(9-11-17)13-19(2,3)4/h5-12,15H,13-14H2,1-4H3. The van der Waals surface area contributed by atoms with Crippen LogP contribution in [0.2, 0.25) is 0 Å². The van der Waals surface area contributed by atoms with Crippen molar-refractivity contribution in [1.29, 1.82) is 0 Å². The molecule has 2 rings (SSSR count). The highest BCUT2D eigenvalue weighted by Gasteiger charge is 2.11. The lowest BCUT2D eigenvalue weighted by molar-refractivity contribution is 0.138. The van der Waals surface area contributed by atoms with Crippen molar-refractivity contribution in [3.63, 3.8) is 0 Å². The monoisotopic (exact) mass is 299 g/mol. The molecule has 1 atom stereocenters. The molecule has 22 heavy (non-hydrogen) atoms. The molecular weight excluding hydrogens is 274 g/mol. The van der Waals surface area contributed by atoms with Crippen molar-refractivity contribution in [3.05, 3.63) is 54.2 Å². The van der Waals surface area contributed by atoms with Crippen molar-refractivity contribution < 1.29 is 9.47 Å². The number of benzene rings is 1. The van der Waals surface area contributed by atoms with E-state index in [1.165, 1.54) is 5.56 Å². The molecule has 0 N–H and O–H groups in total. The van der Waals surface area contributed by atoms with Gasteiger partial charge in [-0.2, -0.15) is 0 Å². The summed E-state index contributed by atoms with van der Waals surface area (Å²) in [7, 11) is 0.